The Morgan fingerprint density at radius 2 is 0.764 bits per heavy atom. The molecule has 0 unspecified atom stereocenters. The van der Waals surface area contributed by atoms with Crippen LogP contribution in [0.3, 0.4) is 0 Å². The number of nitrogens with zero attached hydrogens (tertiary/aromatic N) is 1. The summed E-state index contributed by atoms with van der Waals surface area (Å²) in [5, 5.41) is 4.43. The van der Waals surface area contributed by atoms with Crippen molar-refractivity contribution in [2.24, 2.45) is 11.1 Å². The molecule has 0 aromatic heterocycles. The zero-order chi connectivity index (χ0) is 50.4. The number of carbonyl (C=O) groups excluding carboxylic acids is 1. The van der Waals surface area contributed by atoms with Crippen LogP contribution in [0.4, 0.5) is 0 Å². The number of rotatable bonds is 8. The molecule has 72 heavy (non-hydrogen) atoms. The lowest BCUT2D eigenvalue weighted by molar-refractivity contribution is -0.121. The summed E-state index contributed by atoms with van der Waals surface area (Å²) in [5.41, 5.74) is 15.3. The first-order valence-corrected chi connectivity index (χ1v) is 29.9. The molecule has 0 saturated carbocycles. The maximum Gasteiger partial charge on any atom is 0.142 e. The highest BCUT2D eigenvalue weighted by molar-refractivity contribution is 8.64. The standard InChI is InChI=1S/C30H23NO.C28H20O2.CH4ClNO.S6/c1-3-29(25-16-8-4-12-21(25)22-13-5-9-17-26(22)29)30(20-31-32-2)27-18-10-6-14-23(27)24-15-7-11-19-28(24)30;1-30-28(25-16-8-4-12-21(25)22-13-5-9-17-26(22)28)27(18-29)23-14-6-2-10-19(23)20-11-3-7-15-24(20)27;2-1-4-3;1-3-5-6-4-2/h3-20H,1H2,2H3;2-18H,1H3;1,3H2;/b31-20-;;;. The molecule has 0 radical (unpaired) electrons. The smallest absolute Gasteiger partial charge is 0.142 e. The van der Waals surface area contributed by atoms with E-state index in [4.69, 9.17) is 21.2 Å². The van der Waals surface area contributed by atoms with E-state index in [0.717, 1.165) is 50.8 Å². The van der Waals surface area contributed by atoms with Crippen LogP contribution in [0.2, 0.25) is 0 Å². The molecule has 360 valence electrons. The Kier molecular flexibility index (Phi) is 15.7. The topological polar surface area (TPSA) is 83.1 Å². The van der Waals surface area contributed by atoms with Crippen LogP contribution in [0.1, 0.15) is 44.5 Å². The van der Waals surface area contributed by atoms with Crippen LogP contribution in [-0.4, -0.2) is 32.8 Å². The van der Waals surface area contributed by atoms with Crippen molar-refractivity contribution in [3.05, 3.63) is 251 Å². The number of nitrogens with two attached hydrogens (primary N) is 1. The molecular formula is C59H47ClN2O4S6. The van der Waals surface area contributed by atoms with E-state index in [2.05, 4.69) is 197 Å². The number of fused-ring (bicyclic) bond motifs is 12. The van der Waals surface area contributed by atoms with E-state index in [1.165, 1.54) is 80.0 Å². The predicted octanol–water partition coefficient (Wildman–Crippen LogP) is 12.5. The van der Waals surface area contributed by atoms with Crippen LogP contribution >= 0.6 is 11.6 Å². The Bertz CT molecular complexity index is 3370. The van der Waals surface area contributed by atoms with Gasteiger partial charge in [0, 0.05) is 65.0 Å². The van der Waals surface area contributed by atoms with Gasteiger partial charge in [0.2, 0.25) is 0 Å². The zero-order valence-corrected chi connectivity index (χ0v) is 44.8. The Balaban J connectivity index is 0.000000150. The van der Waals surface area contributed by atoms with Crippen LogP contribution < -0.4 is 5.90 Å². The molecule has 2 N–H and O–H groups in total. The van der Waals surface area contributed by atoms with Gasteiger partial charge in [0.25, 0.3) is 0 Å². The van der Waals surface area contributed by atoms with Gasteiger partial charge < -0.3 is 14.4 Å². The lowest BCUT2D eigenvalue weighted by Crippen LogP contribution is -2.51. The molecule has 4 aliphatic rings. The number of methoxy groups -OCH3 is 1. The maximum atomic E-state index is 13.3. The molecule has 0 aliphatic heterocycles. The summed E-state index contributed by atoms with van der Waals surface area (Å²) in [6, 6.07) is 67.8. The number of carbonyl (C=O) groups is 1. The molecular weight excluding hydrogens is 1030 g/mol. The first kappa shape index (κ1) is 51.0. The van der Waals surface area contributed by atoms with Gasteiger partial charge in [-0.3, -0.25) is 4.84 Å². The number of alkyl halides is 1. The summed E-state index contributed by atoms with van der Waals surface area (Å²) >= 11 is 13.9. The summed E-state index contributed by atoms with van der Waals surface area (Å²) in [5.74, 6) is 4.40. The highest BCUT2D eigenvalue weighted by Crippen LogP contribution is 2.66. The van der Waals surface area contributed by atoms with Gasteiger partial charge in [-0.25, -0.2) is 5.90 Å². The van der Waals surface area contributed by atoms with Crippen molar-refractivity contribution < 1.29 is 19.2 Å². The SMILES string of the molecule is C=CC1(C2(/C=N\OC)c3ccccc3-c3ccccc32)c2ccccc2-c2ccccc21.COC1(C2(C=O)c3ccccc3-c3ccccc32)c2ccccc2-c2ccccc21.NOCCl.S=S=S=S=S=S. The molecule has 8 aromatic carbocycles. The second-order valence-electron chi connectivity index (χ2n) is 17.0. The number of ether oxygens (including phenoxy) is 1. The van der Waals surface area contributed by atoms with Gasteiger partial charge in [0.15, 0.2) is 0 Å². The molecule has 0 atom stereocenters. The molecule has 0 heterocycles. The zero-order valence-electron chi connectivity index (χ0n) is 39.1. The Hall–Kier alpha value is -5.87. The van der Waals surface area contributed by atoms with Gasteiger partial charge in [0.1, 0.15) is 30.5 Å². The van der Waals surface area contributed by atoms with Crippen molar-refractivity contribution in [2.75, 3.05) is 20.3 Å². The van der Waals surface area contributed by atoms with Gasteiger partial charge in [-0.2, -0.15) is 0 Å². The summed E-state index contributed by atoms with van der Waals surface area (Å²) in [6.45, 7) is 4.45. The van der Waals surface area contributed by atoms with Crippen molar-refractivity contribution >= 4 is 82.0 Å². The molecule has 8 aromatic rings. The fourth-order valence-corrected chi connectivity index (χ4v) is 17.5. The van der Waals surface area contributed by atoms with Crippen molar-refractivity contribution in [3.63, 3.8) is 0 Å². The van der Waals surface area contributed by atoms with Gasteiger partial charge in [-0.05, 0) is 89.0 Å². The Morgan fingerprint density at radius 3 is 1.01 bits per heavy atom. The third-order valence-electron chi connectivity index (χ3n) is 14.3. The van der Waals surface area contributed by atoms with Crippen LogP contribution in [0.25, 0.3) is 44.5 Å². The molecule has 6 nitrogen and oxygen atoms in total. The average Bonchev–Trinajstić information content (AvgIpc) is 4.13. The van der Waals surface area contributed by atoms with E-state index < -0.39 is 21.8 Å². The van der Waals surface area contributed by atoms with Gasteiger partial charge in [-0.1, -0.05) is 217 Å². The van der Waals surface area contributed by atoms with E-state index in [9.17, 15) is 4.79 Å². The van der Waals surface area contributed by atoms with Gasteiger partial charge in [-0.15, -0.1) is 6.58 Å². The molecule has 12 rings (SSSR count). The minimum absolute atomic E-state index is 0.0694. The van der Waals surface area contributed by atoms with E-state index >= 15 is 0 Å². The Labute approximate surface area is 446 Å². The van der Waals surface area contributed by atoms with Crippen molar-refractivity contribution in [1.82, 2.24) is 0 Å². The molecule has 0 bridgehead atoms. The van der Waals surface area contributed by atoms with Crippen LogP contribution in [0, 0.1) is 0 Å². The average molecular weight is 1080 g/mol. The molecule has 0 spiro atoms. The second kappa shape index (κ2) is 22.1. The number of allylic oxidation sites excluding steroid dienone is 1. The predicted molar refractivity (Wildman–Crippen MR) is 310 cm³/mol. The van der Waals surface area contributed by atoms with Crippen LogP contribution in [-0.2, 0) is 99.0 Å². The highest BCUT2D eigenvalue weighted by atomic mass is 35.5. The Morgan fingerprint density at radius 1 is 0.500 bits per heavy atom. The normalized spacial score (nSPS) is 14.9. The fourth-order valence-electron chi connectivity index (χ4n) is 12.0. The fraction of sp³-hybridized carbons (Fsp3) is 0.119. The number of halogens is 1. The van der Waals surface area contributed by atoms with E-state index in [0.29, 0.717) is 0 Å². The highest BCUT2D eigenvalue weighted by Gasteiger charge is 2.64. The van der Waals surface area contributed by atoms with Crippen molar-refractivity contribution in [1.29, 1.82) is 0 Å². The summed E-state index contributed by atoms with van der Waals surface area (Å²) in [6.07, 6.45) is 5.23. The number of aldehydes is 1. The molecule has 0 fully saturated rings. The largest absolute Gasteiger partial charge is 0.399 e. The molecule has 4 aliphatic carbocycles. The second-order valence-corrected chi connectivity index (χ2v) is 24.3. The van der Waals surface area contributed by atoms with E-state index in [1.54, 1.807) is 14.2 Å². The number of oxime groups is 1. The molecule has 0 amide bonds. The van der Waals surface area contributed by atoms with E-state index in [1.807, 2.05) is 54.7 Å². The van der Waals surface area contributed by atoms with Crippen molar-refractivity contribution in [3.8, 4) is 44.5 Å². The number of hydrogen-bond donors (Lipinski definition) is 1. The van der Waals surface area contributed by atoms with Crippen molar-refractivity contribution in [2.45, 2.75) is 21.8 Å². The lowest BCUT2D eigenvalue weighted by atomic mass is 9.55. The molecule has 0 saturated heterocycles. The van der Waals surface area contributed by atoms with E-state index in [-0.39, 0.29) is 6.07 Å². The first-order valence-electron chi connectivity index (χ1n) is 22.7. The van der Waals surface area contributed by atoms with Crippen LogP contribution in [0.15, 0.2) is 212 Å². The quantitative estimate of drug-likeness (QED) is 0.0534. The first-order chi connectivity index (χ1) is 35.4. The lowest BCUT2D eigenvalue weighted by Gasteiger charge is -2.45. The minimum atomic E-state index is -0.988. The number of hydrogen-bond acceptors (Lipinski definition) is 8. The maximum absolute atomic E-state index is 13.3. The minimum Gasteiger partial charge on any atom is -0.399 e. The summed E-state index contributed by atoms with van der Waals surface area (Å²) in [7, 11) is 8.97. The summed E-state index contributed by atoms with van der Waals surface area (Å²) in [4.78, 5) is 22.5. The monoisotopic (exact) mass is 1070 g/mol. The van der Waals surface area contributed by atoms with Crippen LogP contribution in [0.5, 0.6) is 0 Å². The molecule has 13 heteroatoms. The van der Waals surface area contributed by atoms with Gasteiger partial charge >= 0.3 is 0 Å². The summed E-state index contributed by atoms with van der Waals surface area (Å²) < 4.78 is 6.51. The third kappa shape index (κ3) is 7.70. The third-order valence-corrected chi connectivity index (χ3v) is 21.1. The van der Waals surface area contributed by atoms with Gasteiger partial charge in [0.05, 0.1) is 17.0 Å². The number of benzene rings is 8.